The van der Waals surface area contributed by atoms with E-state index in [1.807, 2.05) is 24.1 Å². The van der Waals surface area contributed by atoms with Gasteiger partial charge >= 0.3 is 0 Å². The summed E-state index contributed by atoms with van der Waals surface area (Å²) >= 11 is 0. The zero-order chi connectivity index (χ0) is 9.97. The van der Waals surface area contributed by atoms with Gasteiger partial charge in [0.05, 0.1) is 11.9 Å². The lowest BCUT2D eigenvalue weighted by Gasteiger charge is -2.28. The Labute approximate surface area is 85.5 Å². The molecule has 78 valence electrons. The largest absolute Gasteiger partial charge is 0.380 e. The Kier molecular flexibility index (Phi) is 2.75. The van der Waals surface area contributed by atoms with E-state index in [1.165, 1.54) is 25.7 Å². The van der Waals surface area contributed by atoms with Crippen LogP contribution in [0, 0.1) is 5.92 Å². The van der Waals surface area contributed by atoms with Crippen molar-refractivity contribution in [1.29, 1.82) is 0 Å². The molecule has 0 aliphatic heterocycles. The van der Waals surface area contributed by atoms with E-state index in [4.69, 9.17) is 0 Å². The summed E-state index contributed by atoms with van der Waals surface area (Å²) in [5.74, 6) is 0.967. The van der Waals surface area contributed by atoms with Gasteiger partial charge in [-0.25, -0.2) is 0 Å². The average Bonchev–Trinajstić information content (AvgIpc) is 2.44. The fourth-order valence-corrected chi connectivity index (χ4v) is 2.07. The molecule has 14 heavy (non-hydrogen) atoms. The molecular formula is C11H19N3. The quantitative estimate of drug-likeness (QED) is 0.795. The molecule has 1 aromatic rings. The number of hydrogen-bond donors (Lipinski definition) is 1. The van der Waals surface area contributed by atoms with Crippen LogP contribution in [0.4, 0.5) is 5.69 Å². The number of hydrogen-bond acceptors (Lipinski definition) is 2. The Balaban J connectivity index is 1.78. The zero-order valence-electron chi connectivity index (χ0n) is 9.03. The van der Waals surface area contributed by atoms with Crippen molar-refractivity contribution in [3.05, 3.63) is 12.4 Å². The molecule has 1 atom stereocenters. The molecule has 2 rings (SSSR count). The van der Waals surface area contributed by atoms with Gasteiger partial charge in [-0.1, -0.05) is 19.3 Å². The number of nitrogens with one attached hydrogen (secondary N) is 1. The third kappa shape index (κ3) is 2.28. The molecule has 3 heteroatoms. The monoisotopic (exact) mass is 193 g/mol. The normalized spacial score (nSPS) is 19.0. The Morgan fingerprint density at radius 2 is 2.43 bits per heavy atom. The molecule has 1 fully saturated rings. The van der Waals surface area contributed by atoms with Crippen LogP contribution in [0.15, 0.2) is 12.4 Å². The van der Waals surface area contributed by atoms with Crippen LogP contribution >= 0.6 is 0 Å². The highest BCUT2D eigenvalue weighted by molar-refractivity contribution is 5.38. The van der Waals surface area contributed by atoms with Gasteiger partial charge in [-0.3, -0.25) is 4.68 Å². The molecule has 1 aromatic heterocycles. The minimum absolute atomic E-state index is 0.574. The molecule has 0 saturated heterocycles. The highest BCUT2D eigenvalue weighted by Gasteiger charge is 2.19. The van der Waals surface area contributed by atoms with E-state index in [0.717, 1.165) is 11.6 Å². The molecule has 3 nitrogen and oxygen atoms in total. The minimum Gasteiger partial charge on any atom is -0.380 e. The standard InChI is InChI=1S/C11H19N3/c1-9(6-10-4-3-5-10)13-11-7-12-14(2)8-11/h7-10,13H,3-6H2,1-2H3. The Hall–Kier alpha value is -0.990. The van der Waals surface area contributed by atoms with Gasteiger partial charge in [0, 0.05) is 19.3 Å². The van der Waals surface area contributed by atoms with Gasteiger partial charge in [0.2, 0.25) is 0 Å². The zero-order valence-corrected chi connectivity index (χ0v) is 9.03. The first-order valence-electron chi connectivity index (χ1n) is 5.49. The fraction of sp³-hybridized carbons (Fsp3) is 0.727. The number of rotatable bonds is 4. The van der Waals surface area contributed by atoms with Crippen LogP contribution in [0.5, 0.6) is 0 Å². The summed E-state index contributed by atoms with van der Waals surface area (Å²) in [7, 11) is 1.95. The molecule has 1 saturated carbocycles. The molecule has 0 spiro atoms. The molecule has 1 heterocycles. The fourth-order valence-electron chi connectivity index (χ4n) is 2.07. The number of aromatic nitrogens is 2. The molecule has 0 bridgehead atoms. The van der Waals surface area contributed by atoms with Gasteiger partial charge in [-0.15, -0.1) is 0 Å². The first-order chi connectivity index (χ1) is 6.74. The molecule has 1 N–H and O–H groups in total. The minimum atomic E-state index is 0.574. The van der Waals surface area contributed by atoms with Gasteiger partial charge in [-0.05, 0) is 19.3 Å². The van der Waals surface area contributed by atoms with Crippen LogP contribution in [0.2, 0.25) is 0 Å². The van der Waals surface area contributed by atoms with Gasteiger partial charge in [-0.2, -0.15) is 5.10 Å². The molecule has 0 aromatic carbocycles. The Bertz CT molecular complexity index is 288. The summed E-state index contributed by atoms with van der Waals surface area (Å²) in [6.45, 7) is 2.26. The molecule has 0 amide bonds. The molecule has 1 unspecified atom stereocenters. The number of nitrogens with zero attached hydrogens (tertiary/aromatic N) is 2. The van der Waals surface area contributed by atoms with Crippen molar-refractivity contribution in [3.63, 3.8) is 0 Å². The van der Waals surface area contributed by atoms with E-state index in [-0.39, 0.29) is 0 Å². The van der Waals surface area contributed by atoms with Gasteiger partial charge < -0.3 is 5.32 Å². The lowest BCUT2D eigenvalue weighted by atomic mass is 9.81. The van der Waals surface area contributed by atoms with E-state index in [0.29, 0.717) is 6.04 Å². The highest BCUT2D eigenvalue weighted by atomic mass is 15.3. The van der Waals surface area contributed by atoms with E-state index < -0.39 is 0 Å². The van der Waals surface area contributed by atoms with Crippen molar-refractivity contribution < 1.29 is 0 Å². The number of anilines is 1. The maximum absolute atomic E-state index is 4.14. The van der Waals surface area contributed by atoms with E-state index in [1.54, 1.807) is 0 Å². The van der Waals surface area contributed by atoms with Crippen LogP contribution in [0.25, 0.3) is 0 Å². The first kappa shape index (κ1) is 9.56. The van der Waals surface area contributed by atoms with E-state index in [9.17, 15) is 0 Å². The predicted molar refractivity (Wildman–Crippen MR) is 58.3 cm³/mol. The molecule has 0 radical (unpaired) electrons. The van der Waals surface area contributed by atoms with Crippen molar-refractivity contribution in [2.75, 3.05) is 5.32 Å². The predicted octanol–water partition coefficient (Wildman–Crippen LogP) is 2.41. The van der Waals surface area contributed by atoms with Crippen LogP contribution in [0.1, 0.15) is 32.6 Å². The SMILES string of the molecule is CC(CC1CCC1)Nc1cnn(C)c1. The topological polar surface area (TPSA) is 29.9 Å². The van der Waals surface area contributed by atoms with Crippen LogP contribution in [-0.4, -0.2) is 15.8 Å². The lowest BCUT2D eigenvalue weighted by Crippen LogP contribution is -2.23. The average molecular weight is 193 g/mol. The second kappa shape index (κ2) is 4.03. The van der Waals surface area contributed by atoms with Crippen molar-refractivity contribution >= 4 is 5.69 Å². The van der Waals surface area contributed by atoms with Crippen molar-refractivity contribution in [3.8, 4) is 0 Å². The van der Waals surface area contributed by atoms with Crippen LogP contribution < -0.4 is 5.32 Å². The second-order valence-electron chi connectivity index (χ2n) is 4.48. The summed E-state index contributed by atoms with van der Waals surface area (Å²) < 4.78 is 1.83. The van der Waals surface area contributed by atoms with Crippen molar-refractivity contribution in [2.24, 2.45) is 13.0 Å². The van der Waals surface area contributed by atoms with Crippen molar-refractivity contribution in [1.82, 2.24) is 9.78 Å². The maximum Gasteiger partial charge on any atom is 0.0728 e. The van der Waals surface area contributed by atoms with E-state index >= 15 is 0 Å². The first-order valence-corrected chi connectivity index (χ1v) is 5.49. The second-order valence-corrected chi connectivity index (χ2v) is 4.48. The summed E-state index contributed by atoms with van der Waals surface area (Å²) in [5.41, 5.74) is 1.14. The molecule has 1 aliphatic rings. The third-order valence-electron chi connectivity index (χ3n) is 3.03. The van der Waals surface area contributed by atoms with Gasteiger partial charge in [0.1, 0.15) is 0 Å². The Morgan fingerprint density at radius 3 is 2.93 bits per heavy atom. The smallest absolute Gasteiger partial charge is 0.0728 e. The third-order valence-corrected chi connectivity index (χ3v) is 3.03. The van der Waals surface area contributed by atoms with Gasteiger partial charge in [0.25, 0.3) is 0 Å². The summed E-state index contributed by atoms with van der Waals surface area (Å²) in [5, 5.41) is 7.62. The van der Waals surface area contributed by atoms with E-state index in [2.05, 4.69) is 17.3 Å². The summed E-state index contributed by atoms with van der Waals surface area (Å²) in [4.78, 5) is 0. The summed E-state index contributed by atoms with van der Waals surface area (Å²) in [6, 6.07) is 0.574. The summed E-state index contributed by atoms with van der Waals surface area (Å²) in [6.07, 6.45) is 9.51. The number of aryl methyl sites for hydroxylation is 1. The Morgan fingerprint density at radius 1 is 1.64 bits per heavy atom. The maximum atomic E-state index is 4.14. The lowest BCUT2D eigenvalue weighted by molar-refractivity contribution is 0.286. The molecular weight excluding hydrogens is 174 g/mol. The van der Waals surface area contributed by atoms with Gasteiger partial charge in [0.15, 0.2) is 0 Å². The van der Waals surface area contributed by atoms with Crippen LogP contribution in [0.3, 0.4) is 0 Å². The molecule has 1 aliphatic carbocycles. The van der Waals surface area contributed by atoms with Crippen LogP contribution in [-0.2, 0) is 7.05 Å². The van der Waals surface area contributed by atoms with Crippen molar-refractivity contribution in [2.45, 2.75) is 38.6 Å². The highest BCUT2D eigenvalue weighted by Crippen LogP contribution is 2.30.